The summed E-state index contributed by atoms with van der Waals surface area (Å²) in [5, 5.41) is 2.80. The number of nitrogen functional groups attached to an aromatic ring is 1. The lowest BCUT2D eigenvalue weighted by atomic mass is 10.2. The van der Waals surface area contributed by atoms with Gasteiger partial charge in [-0.15, -0.1) is 0 Å². The number of nitrogens with two attached hydrogens (primary N) is 1. The van der Waals surface area contributed by atoms with Crippen LogP contribution in [0.4, 0.5) is 5.69 Å². The maximum absolute atomic E-state index is 11.6. The van der Waals surface area contributed by atoms with Crippen LogP contribution in [0.5, 0.6) is 0 Å². The predicted molar refractivity (Wildman–Crippen MR) is 63.1 cm³/mol. The fraction of sp³-hybridized carbons (Fsp3) is 0.364. The molecular formula is C11H17N3O2. The molecule has 1 rings (SSSR count). The number of carbonyl (C=O) groups is 1. The summed E-state index contributed by atoms with van der Waals surface area (Å²) in [6, 6.07) is 6.95. The van der Waals surface area contributed by atoms with Gasteiger partial charge in [0.15, 0.2) is 0 Å². The molecule has 1 aromatic carbocycles. The Morgan fingerprint density at radius 3 is 2.62 bits per heavy atom. The lowest BCUT2D eigenvalue weighted by Crippen LogP contribution is -2.25. The van der Waals surface area contributed by atoms with Crippen LogP contribution in [0.2, 0.25) is 0 Å². The Bertz CT molecular complexity index is 325. The fourth-order valence-electron chi connectivity index (χ4n) is 1.24. The zero-order valence-corrected chi connectivity index (χ0v) is 9.32. The Hall–Kier alpha value is -1.59. The third-order valence-electron chi connectivity index (χ3n) is 2.12. The van der Waals surface area contributed by atoms with E-state index in [9.17, 15) is 4.79 Å². The molecule has 88 valence electrons. The highest BCUT2D eigenvalue weighted by atomic mass is 16.5. The number of carbonyl (C=O) groups excluding carboxylic acids is 1. The molecule has 0 unspecified atom stereocenters. The molecule has 0 saturated heterocycles. The van der Waals surface area contributed by atoms with Crippen LogP contribution in [-0.2, 0) is 4.74 Å². The molecule has 0 aromatic heterocycles. The first-order valence-corrected chi connectivity index (χ1v) is 5.11. The molecule has 0 fully saturated rings. The largest absolute Gasteiger partial charge is 0.385 e. The van der Waals surface area contributed by atoms with Crippen LogP contribution in [0.1, 0.15) is 16.8 Å². The summed E-state index contributed by atoms with van der Waals surface area (Å²) in [5.41, 5.74) is 3.90. The van der Waals surface area contributed by atoms with Gasteiger partial charge >= 0.3 is 0 Å². The second kappa shape index (κ2) is 6.81. The van der Waals surface area contributed by atoms with Gasteiger partial charge in [0.25, 0.3) is 5.91 Å². The number of hydrogen-bond donors (Lipinski definition) is 3. The SMILES string of the molecule is COCCCNC(=O)c1ccc(NN)cc1. The van der Waals surface area contributed by atoms with Gasteiger partial charge in [-0.1, -0.05) is 0 Å². The zero-order valence-electron chi connectivity index (χ0n) is 9.32. The molecule has 1 amide bonds. The van der Waals surface area contributed by atoms with Crippen LogP contribution in [0.15, 0.2) is 24.3 Å². The van der Waals surface area contributed by atoms with Crippen LogP contribution in [-0.4, -0.2) is 26.2 Å². The number of hydrogen-bond acceptors (Lipinski definition) is 4. The number of benzene rings is 1. The normalized spacial score (nSPS) is 9.88. The summed E-state index contributed by atoms with van der Waals surface area (Å²) in [6.07, 6.45) is 0.810. The van der Waals surface area contributed by atoms with Crippen molar-refractivity contribution in [2.45, 2.75) is 6.42 Å². The Balaban J connectivity index is 2.40. The number of nitrogens with one attached hydrogen (secondary N) is 2. The number of methoxy groups -OCH3 is 1. The van der Waals surface area contributed by atoms with Gasteiger partial charge in [0, 0.05) is 31.5 Å². The highest BCUT2D eigenvalue weighted by Crippen LogP contribution is 2.07. The van der Waals surface area contributed by atoms with Crippen molar-refractivity contribution in [2.24, 2.45) is 5.84 Å². The van der Waals surface area contributed by atoms with Gasteiger partial charge in [-0.2, -0.15) is 0 Å². The van der Waals surface area contributed by atoms with E-state index in [-0.39, 0.29) is 5.91 Å². The highest BCUT2D eigenvalue weighted by molar-refractivity contribution is 5.94. The van der Waals surface area contributed by atoms with Crippen LogP contribution in [0.3, 0.4) is 0 Å². The zero-order chi connectivity index (χ0) is 11.8. The third kappa shape index (κ3) is 3.88. The van der Waals surface area contributed by atoms with E-state index < -0.39 is 0 Å². The Morgan fingerprint density at radius 2 is 2.06 bits per heavy atom. The summed E-state index contributed by atoms with van der Waals surface area (Å²) >= 11 is 0. The lowest BCUT2D eigenvalue weighted by Gasteiger charge is -2.05. The maximum atomic E-state index is 11.6. The van der Waals surface area contributed by atoms with Crippen molar-refractivity contribution in [3.63, 3.8) is 0 Å². The molecule has 0 aliphatic heterocycles. The minimum absolute atomic E-state index is 0.0836. The number of anilines is 1. The summed E-state index contributed by atoms with van der Waals surface area (Å²) in [4.78, 5) is 11.6. The van der Waals surface area contributed by atoms with Crippen molar-refractivity contribution in [1.82, 2.24) is 5.32 Å². The van der Waals surface area contributed by atoms with Gasteiger partial charge < -0.3 is 15.5 Å². The number of amides is 1. The summed E-state index contributed by atoms with van der Waals surface area (Å²) in [5.74, 6) is 5.14. The van der Waals surface area contributed by atoms with Crippen LogP contribution in [0.25, 0.3) is 0 Å². The molecule has 0 spiro atoms. The number of hydrazine groups is 1. The van der Waals surface area contributed by atoms with Crippen LogP contribution < -0.4 is 16.6 Å². The van der Waals surface area contributed by atoms with Crippen molar-refractivity contribution >= 4 is 11.6 Å². The van der Waals surface area contributed by atoms with E-state index in [1.165, 1.54) is 0 Å². The first-order valence-electron chi connectivity index (χ1n) is 5.11. The molecule has 0 atom stereocenters. The van der Waals surface area contributed by atoms with Crippen molar-refractivity contribution < 1.29 is 9.53 Å². The van der Waals surface area contributed by atoms with Gasteiger partial charge in [-0.25, -0.2) is 0 Å². The molecule has 16 heavy (non-hydrogen) atoms. The lowest BCUT2D eigenvalue weighted by molar-refractivity contribution is 0.0948. The standard InChI is InChI=1S/C11H17N3O2/c1-16-8-2-7-13-11(15)9-3-5-10(14-12)6-4-9/h3-6,14H,2,7-8,12H2,1H3,(H,13,15). The Morgan fingerprint density at radius 1 is 1.38 bits per heavy atom. The average Bonchev–Trinajstić information content (AvgIpc) is 2.34. The quantitative estimate of drug-likeness (QED) is 0.377. The molecule has 4 N–H and O–H groups in total. The minimum Gasteiger partial charge on any atom is -0.385 e. The number of ether oxygens (including phenoxy) is 1. The molecule has 0 bridgehead atoms. The molecule has 5 heteroatoms. The molecule has 1 aromatic rings. The van der Waals surface area contributed by atoms with Crippen LogP contribution in [0, 0.1) is 0 Å². The van der Waals surface area contributed by atoms with Gasteiger partial charge in [0.2, 0.25) is 0 Å². The maximum Gasteiger partial charge on any atom is 0.251 e. The first kappa shape index (κ1) is 12.5. The molecule has 5 nitrogen and oxygen atoms in total. The third-order valence-corrected chi connectivity index (χ3v) is 2.12. The van der Waals surface area contributed by atoms with Gasteiger partial charge in [0.05, 0.1) is 0 Å². The topological polar surface area (TPSA) is 76.4 Å². The van der Waals surface area contributed by atoms with E-state index in [4.69, 9.17) is 10.6 Å². The van der Waals surface area contributed by atoms with Crippen molar-refractivity contribution in [3.8, 4) is 0 Å². The Kier molecular flexibility index (Phi) is 5.31. The molecular weight excluding hydrogens is 206 g/mol. The summed E-state index contributed by atoms with van der Waals surface area (Å²) in [7, 11) is 1.64. The van der Waals surface area contributed by atoms with Gasteiger partial charge in [-0.3, -0.25) is 10.6 Å². The highest BCUT2D eigenvalue weighted by Gasteiger charge is 2.03. The van der Waals surface area contributed by atoms with Crippen molar-refractivity contribution in [1.29, 1.82) is 0 Å². The smallest absolute Gasteiger partial charge is 0.251 e. The second-order valence-electron chi connectivity index (χ2n) is 3.32. The molecule has 0 aliphatic carbocycles. The van der Waals surface area contributed by atoms with Crippen molar-refractivity contribution in [3.05, 3.63) is 29.8 Å². The molecule has 0 aliphatic rings. The van der Waals surface area contributed by atoms with Gasteiger partial charge in [-0.05, 0) is 30.7 Å². The van der Waals surface area contributed by atoms with Crippen LogP contribution >= 0.6 is 0 Å². The fourth-order valence-corrected chi connectivity index (χ4v) is 1.24. The average molecular weight is 223 g/mol. The van der Waals surface area contributed by atoms with E-state index in [1.54, 1.807) is 31.4 Å². The monoisotopic (exact) mass is 223 g/mol. The van der Waals surface area contributed by atoms with Crippen molar-refractivity contribution in [2.75, 3.05) is 25.7 Å². The van der Waals surface area contributed by atoms with Gasteiger partial charge in [0.1, 0.15) is 0 Å². The summed E-state index contributed by atoms with van der Waals surface area (Å²) < 4.78 is 4.89. The van der Waals surface area contributed by atoms with E-state index >= 15 is 0 Å². The van der Waals surface area contributed by atoms with E-state index in [1.807, 2.05) is 0 Å². The summed E-state index contributed by atoms with van der Waals surface area (Å²) in [6.45, 7) is 1.26. The second-order valence-corrected chi connectivity index (χ2v) is 3.32. The van der Waals surface area contributed by atoms with E-state index in [0.717, 1.165) is 12.1 Å². The van der Waals surface area contributed by atoms with E-state index in [0.29, 0.717) is 18.7 Å². The van der Waals surface area contributed by atoms with E-state index in [2.05, 4.69) is 10.7 Å². The molecule has 0 heterocycles. The molecule has 0 radical (unpaired) electrons. The number of rotatable bonds is 6. The predicted octanol–water partition coefficient (Wildman–Crippen LogP) is 0.738. The Labute approximate surface area is 94.9 Å². The minimum atomic E-state index is -0.0836. The molecule has 0 saturated carbocycles. The first-order chi connectivity index (χ1) is 7.77.